The molecule has 0 aliphatic heterocycles. The minimum atomic E-state index is -0.644. The minimum absolute atomic E-state index is 0.644. The van der Waals surface area contributed by atoms with Crippen molar-refractivity contribution in [3.63, 3.8) is 0 Å². The van der Waals surface area contributed by atoms with Crippen molar-refractivity contribution in [3.8, 4) is 0 Å². The minimum Gasteiger partial charge on any atom is -0.248 e. The van der Waals surface area contributed by atoms with Crippen molar-refractivity contribution in [1.29, 1.82) is 0 Å². The number of hydrogen-bond acceptors (Lipinski definition) is 0. The summed E-state index contributed by atoms with van der Waals surface area (Å²) in [6, 6.07) is 0. The standard InChI is InChI=1S/C7H13F/c1-3-4-5-6-7(2)8/h3,7H,1,4-6H2,2H3. The monoisotopic (exact) mass is 116 g/mol. The van der Waals surface area contributed by atoms with Gasteiger partial charge in [0, 0.05) is 0 Å². The van der Waals surface area contributed by atoms with Gasteiger partial charge in [-0.05, 0) is 26.2 Å². The van der Waals surface area contributed by atoms with Gasteiger partial charge in [-0.25, -0.2) is 4.39 Å². The summed E-state index contributed by atoms with van der Waals surface area (Å²) in [6.07, 6.45) is 3.72. The molecule has 0 spiro atoms. The van der Waals surface area contributed by atoms with E-state index in [9.17, 15) is 4.39 Å². The average Bonchev–Trinajstić information content (AvgIpc) is 1.66. The van der Waals surface area contributed by atoms with Gasteiger partial charge in [0.05, 0.1) is 6.17 Å². The van der Waals surface area contributed by atoms with Gasteiger partial charge in [0.15, 0.2) is 0 Å². The summed E-state index contributed by atoms with van der Waals surface area (Å²) in [7, 11) is 0. The topological polar surface area (TPSA) is 0 Å². The summed E-state index contributed by atoms with van der Waals surface area (Å²) in [5.74, 6) is 0. The van der Waals surface area contributed by atoms with Gasteiger partial charge < -0.3 is 0 Å². The van der Waals surface area contributed by atoms with E-state index in [1.54, 1.807) is 6.92 Å². The summed E-state index contributed by atoms with van der Waals surface area (Å²) in [5.41, 5.74) is 0. The number of hydrogen-bond donors (Lipinski definition) is 0. The molecule has 0 aliphatic carbocycles. The Kier molecular flexibility index (Phi) is 4.62. The predicted octanol–water partition coefficient (Wildman–Crippen LogP) is 2.70. The third kappa shape index (κ3) is 5.67. The lowest BCUT2D eigenvalue weighted by Gasteiger charge is -1.96. The molecule has 0 aromatic carbocycles. The van der Waals surface area contributed by atoms with Gasteiger partial charge in [0.1, 0.15) is 0 Å². The van der Waals surface area contributed by atoms with Gasteiger partial charge in [-0.2, -0.15) is 0 Å². The summed E-state index contributed by atoms with van der Waals surface area (Å²) >= 11 is 0. The highest BCUT2D eigenvalue weighted by atomic mass is 19.1. The van der Waals surface area contributed by atoms with Crippen LogP contribution in [0, 0.1) is 0 Å². The van der Waals surface area contributed by atoms with Crippen LogP contribution in [-0.2, 0) is 0 Å². The van der Waals surface area contributed by atoms with Gasteiger partial charge >= 0.3 is 0 Å². The molecular formula is C7H13F. The van der Waals surface area contributed by atoms with Crippen LogP contribution in [0.2, 0.25) is 0 Å². The van der Waals surface area contributed by atoms with Crippen LogP contribution in [0.15, 0.2) is 12.7 Å². The summed E-state index contributed by atoms with van der Waals surface area (Å²) in [4.78, 5) is 0. The fourth-order valence-corrected chi connectivity index (χ4v) is 0.543. The van der Waals surface area contributed by atoms with E-state index in [1.165, 1.54) is 0 Å². The molecule has 0 amide bonds. The van der Waals surface area contributed by atoms with Gasteiger partial charge in [-0.3, -0.25) is 0 Å². The van der Waals surface area contributed by atoms with E-state index < -0.39 is 6.17 Å². The second kappa shape index (κ2) is 4.82. The molecule has 0 aromatic heterocycles. The van der Waals surface area contributed by atoms with Crippen molar-refractivity contribution in [3.05, 3.63) is 12.7 Å². The molecular weight excluding hydrogens is 103 g/mol. The van der Waals surface area contributed by atoms with Crippen molar-refractivity contribution < 1.29 is 4.39 Å². The first-order valence-corrected chi connectivity index (χ1v) is 3.02. The lowest BCUT2D eigenvalue weighted by molar-refractivity contribution is 0.335. The molecule has 0 rings (SSSR count). The van der Waals surface area contributed by atoms with Crippen molar-refractivity contribution in [1.82, 2.24) is 0 Å². The molecule has 0 radical (unpaired) electrons. The predicted molar refractivity (Wildman–Crippen MR) is 34.6 cm³/mol. The third-order valence-corrected chi connectivity index (χ3v) is 1.01. The normalized spacial score (nSPS) is 13.2. The fraction of sp³-hybridized carbons (Fsp3) is 0.714. The van der Waals surface area contributed by atoms with Crippen molar-refractivity contribution in [2.75, 3.05) is 0 Å². The highest BCUT2D eigenvalue weighted by Gasteiger charge is 1.93. The molecule has 0 N–H and O–H groups in total. The van der Waals surface area contributed by atoms with Crippen LogP contribution in [0.1, 0.15) is 26.2 Å². The quantitative estimate of drug-likeness (QED) is 0.391. The first-order chi connectivity index (χ1) is 3.77. The highest BCUT2D eigenvalue weighted by molar-refractivity contribution is 4.66. The zero-order chi connectivity index (χ0) is 6.41. The van der Waals surface area contributed by atoms with Gasteiger partial charge in [0.2, 0.25) is 0 Å². The van der Waals surface area contributed by atoms with Crippen LogP contribution in [0.5, 0.6) is 0 Å². The summed E-state index contributed by atoms with van der Waals surface area (Å²) < 4.78 is 12.0. The van der Waals surface area contributed by atoms with Gasteiger partial charge in [0.25, 0.3) is 0 Å². The van der Waals surface area contributed by atoms with Gasteiger partial charge in [-0.15, -0.1) is 6.58 Å². The SMILES string of the molecule is C=CCCCC(C)F. The molecule has 48 valence electrons. The lowest BCUT2D eigenvalue weighted by atomic mass is 10.2. The Hall–Kier alpha value is -0.330. The Balaban J connectivity index is 2.81. The number of alkyl halides is 1. The maximum atomic E-state index is 12.0. The summed E-state index contributed by atoms with van der Waals surface area (Å²) in [5, 5.41) is 0. The second-order valence-electron chi connectivity index (χ2n) is 2.00. The van der Waals surface area contributed by atoms with E-state index in [0.29, 0.717) is 6.42 Å². The van der Waals surface area contributed by atoms with Crippen LogP contribution < -0.4 is 0 Å². The average molecular weight is 116 g/mol. The third-order valence-electron chi connectivity index (χ3n) is 1.01. The smallest absolute Gasteiger partial charge is 0.0973 e. The number of unbranched alkanes of at least 4 members (excludes halogenated alkanes) is 1. The zero-order valence-corrected chi connectivity index (χ0v) is 5.36. The van der Waals surface area contributed by atoms with Crippen LogP contribution >= 0.6 is 0 Å². The maximum absolute atomic E-state index is 12.0. The molecule has 1 atom stereocenters. The fourth-order valence-electron chi connectivity index (χ4n) is 0.543. The molecule has 8 heavy (non-hydrogen) atoms. The summed E-state index contributed by atoms with van der Waals surface area (Å²) in [6.45, 7) is 5.12. The van der Waals surface area contributed by atoms with Crippen LogP contribution in [0.3, 0.4) is 0 Å². The molecule has 0 heterocycles. The Bertz CT molecular complexity index is 57.4. The van der Waals surface area contributed by atoms with Gasteiger partial charge in [-0.1, -0.05) is 6.08 Å². The van der Waals surface area contributed by atoms with Crippen LogP contribution in [-0.4, -0.2) is 6.17 Å². The van der Waals surface area contributed by atoms with Crippen molar-refractivity contribution in [2.24, 2.45) is 0 Å². The molecule has 0 saturated heterocycles. The van der Waals surface area contributed by atoms with E-state index >= 15 is 0 Å². The van der Waals surface area contributed by atoms with Crippen LogP contribution in [0.25, 0.3) is 0 Å². The van der Waals surface area contributed by atoms with Crippen molar-refractivity contribution >= 4 is 0 Å². The molecule has 0 nitrogen and oxygen atoms in total. The van der Waals surface area contributed by atoms with Crippen LogP contribution in [0.4, 0.5) is 4.39 Å². The molecule has 0 fully saturated rings. The molecule has 0 aliphatic rings. The van der Waals surface area contributed by atoms with E-state index in [0.717, 1.165) is 12.8 Å². The Morgan fingerprint density at radius 2 is 2.38 bits per heavy atom. The van der Waals surface area contributed by atoms with E-state index in [-0.39, 0.29) is 0 Å². The maximum Gasteiger partial charge on any atom is 0.0973 e. The molecule has 0 bridgehead atoms. The first-order valence-electron chi connectivity index (χ1n) is 3.02. The van der Waals surface area contributed by atoms with E-state index in [4.69, 9.17) is 0 Å². The first kappa shape index (κ1) is 7.67. The molecule has 0 saturated carbocycles. The lowest BCUT2D eigenvalue weighted by Crippen LogP contribution is -1.89. The Morgan fingerprint density at radius 3 is 2.75 bits per heavy atom. The molecule has 1 unspecified atom stereocenters. The molecule has 0 aromatic rings. The van der Waals surface area contributed by atoms with E-state index in [2.05, 4.69) is 6.58 Å². The Morgan fingerprint density at radius 1 is 1.75 bits per heavy atom. The number of halogens is 1. The Labute approximate surface area is 50.4 Å². The number of rotatable bonds is 4. The van der Waals surface area contributed by atoms with E-state index in [1.807, 2.05) is 6.08 Å². The number of allylic oxidation sites excluding steroid dienone is 1. The second-order valence-corrected chi connectivity index (χ2v) is 2.00. The molecule has 1 heteroatoms. The zero-order valence-electron chi connectivity index (χ0n) is 5.36. The highest BCUT2D eigenvalue weighted by Crippen LogP contribution is 2.02. The largest absolute Gasteiger partial charge is 0.248 e. The van der Waals surface area contributed by atoms with Crippen molar-refractivity contribution in [2.45, 2.75) is 32.4 Å².